The predicted octanol–water partition coefficient (Wildman–Crippen LogP) is 1.25. The maximum atomic E-state index is 11.8. The molecule has 0 bridgehead atoms. The third kappa shape index (κ3) is 4.40. The molecule has 1 unspecified atom stereocenters. The van der Waals surface area contributed by atoms with E-state index in [1.807, 2.05) is 30.3 Å². The van der Waals surface area contributed by atoms with Crippen molar-refractivity contribution in [2.24, 2.45) is 0 Å². The fourth-order valence-electron chi connectivity index (χ4n) is 2.16. The average molecular weight is 268 g/mol. The highest BCUT2D eigenvalue weighted by Gasteiger charge is 2.18. The molecule has 1 aliphatic rings. The first-order valence-electron chi connectivity index (χ1n) is 6.40. The molecule has 0 amide bonds. The number of sulfonamides is 1. The molecule has 2 rings (SSSR count). The minimum absolute atomic E-state index is 0.206. The van der Waals surface area contributed by atoms with Crippen LogP contribution < -0.4 is 10.0 Å². The minimum atomic E-state index is -3.16. The summed E-state index contributed by atoms with van der Waals surface area (Å²) in [6.07, 6.45) is 2.94. The van der Waals surface area contributed by atoms with Crippen molar-refractivity contribution in [3.05, 3.63) is 35.9 Å². The average Bonchev–Trinajstić information content (AvgIpc) is 2.89. The maximum Gasteiger partial charge on any atom is 0.211 e. The zero-order valence-electron chi connectivity index (χ0n) is 10.4. The molecule has 1 aromatic carbocycles. The van der Waals surface area contributed by atoms with Gasteiger partial charge in [-0.1, -0.05) is 30.3 Å². The molecule has 1 saturated heterocycles. The van der Waals surface area contributed by atoms with Gasteiger partial charge in [0, 0.05) is 12.6 Å². The highest BCUT2D eigenvalue weighted by molar-refractivity contribution is 7.89. The van der Waals surface area contributed by atoms with Crippen LogP contribution in [0.15, 0.2) is 30.3 Å². The van der Waals surface area contributed by atoms with Crippen molar-refractivity contribution < 1.29 is 8.42 Å². The second kappa shape index (κ2) is 6.31. The smallest absolute Gasteiger partial charge is 0.211 e. The van der Waals surface area contributed by atoms with E-state index in [0.29, 0.717) is 19.0 Å². The van der Waals surface area contributed by atoms with Gasteiger partial charge in [-0.2, -0.15) is 0 Å². The molecule has 0 aliphatic carbocycles. The molecule has 18 heavy (non-hydrogen) atoms. The minimum Gasteiger partial charge on any atom is -0.314 e. The van der Waals surface area contributed by atoms with Crippen LogP contribution in [0.4, 0.5) is 0 Å². The largest absolute Gasteiger partial charge is 0.314 e. The Morgan fingerprint density at radius 1 is 1.28 bits per heavy atom. The van der Waals surface area contributed by atoms with E-state index < -0.39 is 10.0 Å². The van der Waals surface area contributed by atoms with E-state index in [1.165, 1.54) is 0 Å². The molecule has 2 N–H and O–H groups in total. The van der Waals surface area contributed by atoms with Crippen LogP contribution in [-0.2, 0) is 16.6 Å². The summed E-state index contributed by atoms with van der Waals surface area (Å²) in [6, 6.07) is 9.95. The highest BCUT2D eigenvalue weighted by Crippen LogP contribution is 2.09. The van der Waals surface area contributed by atoms with Crippen LogP contribution in [0.5, 0.6) is 0 Å². The fourth-order valence-corrected chi connectivity index (χ4v) is 3.29. The fraction of sp³-hybridized carbons (Fsp3) is 0.538. The maximum absolute atomic E-state index is 11.8. The van der Waals surface area contributed by atoms with E-state index >= 15 is 0 Å². The summed E-state index contributed by atoms with van der Waals surface area (Å²) in [5.74, 6) is 0.206. The number of hydrogen-bond acceptors (Lipinski definition) is 3. The monoisotopic (exact) mass is 268 g/mol. The lowest BCUT2D eigenvalue weighted by molar-refractivity contribution is 0.553. The van der Waals surface area contributed by atoms with E-state index in [-0.39, 0.29) is 5.75 Å². The topological polar surface area (TPSA) is 58.2 Å². The molecule has 0 saturated carbocycles. The van der Waals surface area contributed by atoms with Crippen molar-refractivity contribution in [3.8, 4) is 0 Å². The SMILES string of the molecule is O=S(=O)(CCC1CCCN1)NCc1ccccc1. The van der Waals surface area contributed by atoms with Gasteiger partial charge in [0.1, 0.15) is 0 Å². The van der Waals surface area contributed by atoms with Gasteiger partial charge in [0.15, 0.2) is 0 Å². The molecular formula is C13H20N2O2S. The van der Waals surface area contributed by atoms with E-state index in [0.717, 1.165) is 24.9 Å². The van der Waals surface area contributed by atoms with Gasteiger partial charge in [-0.05, 0) is 31.4 Å². The zero-order valence-corrected chi connectivity index (χ0v) is 11.2. The van der Waals surface area contributed by atoms with Gasteiger partial charge in [0.2, 0.25) is 10.0 Å². The number of hydrogen-bond donors (Lipinski definition) is 2. The summed E-state index contributed by atoms with van der Waals surface area (Å²) in [4.78, 5) is 0. The van der Waals surface area contributed by atoms with Crippen molar-refractivity contribution in [1.29, 1.82) is 0 Å². The molecule has 1 heterocycles. The predicted molar refractivity (Wildman–Crippen MR) is 72.7 cm³/mol. The lowest BCUT2D eigenvalue weighted by Crippen LogP contribution is -2.30. The molecule has 0 spiro atoms. The Morgan fingerprint density at radius 3 is 2.72 bits per heavy atom. The van der Waals surface area contributed by atoms with Gasteiger partial charge < -0.3 is 5.32 Å². The Balaban J connectivity index is 1.76. The summed E-state index contributed by atoms with van der Waals surface area (Å²) in [5, 5.41) is 3.31. The molecule has 5 heteroatoms. The number of benzene rings is 1. The van der Waals surface area contributed by atoms with E-state index in [9.17, 15) is 8.42 Å². The molecule has 1 fully saturated rings. The molecule has 0 aromatic heterocycles. The van der Waals surface area contributed by atoms with E-state index in [4.69, 9.17) is 0 Å². The van der Waals surface area contributed by atoms with Crippen LogP contribution in [0, 0.1) is 0 Å². The quantitative estimate of drug-likeness (QED) is 0.816. The van der Waals surface area contributed by atoms with Crippen molar-refractivity contribution in [1.82, 2.24) is 10.0 Å². The Bertz CT molecular complexity index is 453. The lowest BCUT2D eigenvalue weighted by Gasteiger charge is -2.11. The van der Waals surface area contributed by atoms with E-state index in [2.05, 4.69) is 10.0 Å². The molecule has 1 aromatic rings. The molecule has 4 nitrogen and oxygen atoms in total. The van der Waals surface area contributed by atoms with Crippen LogP contribution in [0.3, 0.4) is 0 Å². The molecule has 100 valence electrons. The Kier molecular flexibility index (Phi) is 4.74. The first-order valence-corrected chi connectivity index (χ1v) is 8.05. The van der Waals surface area contributed by atoms with E-state index in [1.54, 1.807) is 0 Å². The van der Waals surface area contributed by atoms with Crippen LogP contribution in [0.2, 0.25) is 0 Å². The Hall–Kier alpha value is -0.910. The van der Waals surface area contributed by atoms with Gasteiger partial charge in [-0.15, -0.1) is 0 Å². The molecule has 1 atom stereocenters. The van der Waals surface area contributed by atoms with Crippen LogP contribution in [0.25, 0.3) is 0 Å². The summed E-state index contributed by atoms with van der Waals surface area (Å²) in [6.45, 7) is 1.39. The first kappa shape index (κ1) is 13.5. The highest BCUT2D eigenvalue weighted by atomic mass is 32.2. The Morgan fingerprint density at radius 2 is 2.06 bits per heavy atom. The van der Waals surface area contributed by atoms with Crippen molar-refractivity contribution in [3.63, 3.8) is 0 Å². The summed E-state index contributed by atoms with van der Waals surface area (Å²) in [5.41, 5.74) is 0.986. The normalized spacial score (nSPS) is 20.1. The lowest BCUT2D eigenvalue weighted by atomic mass is 10.2. The van der Waals surface area contributed by atoms with Crippen LogP contribution in [-0.4, -0.2) is 26.8 Å². The molecule has 1 aliphatic heterocycles. The van der Waals surface area contributed by atoms with Crippen molar-refractivity contribution in [2.75, 3.05) is 12.3 Å². The standard InChI is InChI=1S/C13H20N2O2S/c16-18(17,10-8-13-7-4-9-14-13)15-11-12-5-2-1-3-6-12/h1-3,5-6,13-15H,4,7-11H2. The third-order valence-electron chi connectivity index (χ3n) is 3.24. The number of rotatable bonds is 6. The second-order valence-electron chi connectivity index (χ2n) is 4.71. The number of nitrogens with one attached hydrogen (secondary N) is 2. The molecular weight excluding hydrogens is 248 g/mol. The Labute approximate surface area is 109 Å². The first-order chi connectivity index (χ1) is 8.66. The van der Waals surface area contributed by atoms with Gasteiger partial charge in [-0.25, -0.2) is 13.1 Å². The molecule has 0 radical (unpaired) electrons. The van der Waals surface area contributed by atoms with Crippen LogP contribution in [0.1, 0.15) is 24.8 Å². The zero-order chi connectivity index (χ0) is 12.8. The summed E-state index contributed by atoms with van der Waals surface area (Å²) < 4.78 is 26.3. The van der Waals surface area contributed by atoms with Gasteiger partial charge in [0.05, 0.1) is 5.75 Å². The second-order valence-corrected chi connectivity index (χ2v) is 6.63. The van der Waals surface area contributed by atoms with Gasteiger partial charge in [-0.3, -0.25) is 0 Å². The summed E-state index contributed by atoms with van der Waals surface area (Å²) >= 11 is 0. The van der Waals surface area contributed by atoms with Gasteiger partial charge >= 0.3 is 0 Å². The van der Waals surface area contributed by atoms with Crippen LogP contribution >= 0.6 is 0 Å². The van der Waals surface area contributed by atoms with Crippen molar-refractivity contribution >= 4 is 10.0 Å². The summed E-state index contributed by atoms with van der Waals surface area (Å²) in [7, 11) is -3.16. The van der Waals surface area contributed by atoms with Gasteiger partial charge in [0.25, 0.3) is 0 Å². The van der Waals surface area contributed by atoms with Crippen molar-refractivity contribution in [2.45, 2.75) is 31.8 Å². The third-order valence-corrected chi connectivity index (χ3v) is 4.59.